The van der Waals surface area contributed by atoms with Crippen LogP contribution in [0.15, 0.2) is 42.0 Å². The summed E-state index contributed by atoms with van der Waals surface area (Å²) in [4.78, 5) is 46.1. The van der Waals surface area contributed by atoms with E-state index in [1.165, 1.54) is 4.90 Å². The Labute approximate surface area is 266 Å². The van der Waals surface area contributed by atoms with Crippen molar-refractivity contribution in [3.05, 3.63) is 69.2 Å². The summed E-state index contributed by atoms with van der Waals surface area (Å²) in [6.07, 6.45) is 3.63. The molecule has 1 aromatic heterocycles. The second-order valence-corrected chi connectivity index (χ2v) is 11.9. The number of fused-ring (bicyclic) bond motifs is 1. The Morgan fingerprint density at radius 3 is 2.60 bits per heavy atom. The first-order valence-electron chi connectivity index (χ1n) is 15.3. The van der Waals surface area contributed by atoms with E-state index in [-0.39, 0.29) is 34.1 Å². The number of aryl methyl sites for hydroxylation is 1. The summed E-state index contributed by atoms with van der Waals surface area (Å²) in [5.74, 6) is -0.923. The number of benzene rings is 2. The Bertz CT molecular complexity index is 1640. The van der Waals surface area contributed by atoms with Crippen molar-refractivity contribution >= 4 is 39.9 Å². The van der Waals surface area contributed by atoms with Crippen LogP contribution in [0.1, 0.15) is 85.1 Å². The molecule has 0 unspecified atom stereocenters. The molecule has 238 valence electrons. The number of aromatic nitrogens is 1. The van der Waals surface area contributed by atoms with E-state index in [1.807, 2.05) is 13.8 Å². The molecule has 0 aliphatic carbocycles. The molecular weight excluding hydrogens is 596 g/mol. The molecule has 0 spiro atoms. The zero-order valence-electron chi connectivity index (χ0n) is 26.2. The molecule has 1 amide bonds. The van der Waals surface area contributed by atoms with Gasteiger partial charge in [-0.15, -0.1) is 0 Å². The highest BCUT2D eigenvalue weighted by atomic mass is 32.1. The maximum Gasteiger partial charge on any atom is 0.350 e. The van der Waals surface area contributed by atoms with Gasteiger partial charge in [-0.25, -0.2) is 9.78 Å². The van der Waals surface area contributed by atoms with E-state index in [0.717, 1.165) is 41.9 Å². The summed E-state index contributed by atoms with van der Waals surface area (Å²) < 4.78 is 22.9. The fourth-order valence-electron chi connectivity index (χ4n) is 5.56. The van der Waals surface area contributed by atoms with Gasteiger partial charge in [-0.05, 0) is 75.6 Å². The van der Waals surface area contributed by atoms with Gasteiger partial charge in [0.15, 0.2) is 16.6 Å². The Hall–Kier alpha value is -4.38. The number of aliphatic hydroxyl groups is 1. The molecule has 0 bridgehead atoms. The summed E-state index contributed by atoms with van der Waals surface area (Å²) in [5.41, 5.74) is 2.06. The van der Waals surface area contributed by atoms with E-state index in [1.54, 1.807) is 50.2 Å². The summed E-state index contributed by atoms with van der Waals surface area (Å²) in [5, 5.41) is 11.8. The predicted molar refractivity (Wildman–Crippen MR) is 170 cm³/mol. The molecule has 3 heterocycles. The third-order valence-corrected chi connectivity index (χ3v) is 8.79. The number of anilines is 1. The number of Topliss-reactive ketones (excluding diaryl/α,β-unsaturated/α-hetero) is 1. The first-order chi connectivity index (χ1) is 21.7. The number of ketones is 1. The van der Waals surface area contributed by atoms with Gasteiger partial charge in [0.25, 0.3) is 5.78 Å². The van der Waals surface area contributed by atoms with Crippen LogP contribution in [-0.2, 0) is 20.7 Å². The van der Waals surface area contributed by atoms with Crippen LogP contribution in [0, 0.1) is 6.92 Å². The molecule has 11 heteroatoms. The van der Waals surface area contributed by atoms with Crippen LogP contribution in [0.4, 0.5) is 5.13 Å². The number of carbonyl (C=O) groups excluding carboxylic acids is 3. The Balaban J connectivity index is 1.65. The van der Waals surface area contributed by atoms with Crippen molar-refractivity contribution in [3.8, 4) is 17.2 Å². The summed E-state index contributed by atoms with van der Waals surface area (Å²) >= 11 is 0.959. The lowest BCUT2D eigenvalue weighted by molar-refractivity contribution is -0.132. The van der Waals surface area contributed by atoms with Gasteiger partial charge in [-0.3, -0.25) is 14.5 Å². The second-order valence-electron chi connectivity index (χ2n) is 11.0. The first kappa shape index (κ1) is 32.0. The number of carbonyl (C=O) groups is 3. The topological polar surface area (TPSA) is 124 Å². The van der Waals surface area contributed by atoms with Gasteiger partial charge in [-0.2, -0.15) is 0 Å². The summed E-state index contributed by atoms with van der Waals surface area (Å²) in [6.45, 7) is 10.3. The Morgan fingerprint density at radius 2 is 1.87 bits per heavy atom. The highest BCUT2D eigenvalue weighted by Gasteiger charge is 2.49. The van der Waals surface area contributed by atoms with Crippen molar-refractivity contribution < 1.29 is 38.4 Å². The molecule has 45 heavy (non-hydrogen) atoms. The van der Waals surface area contributed by atoms with Gasteiger partial charge in [-0.1, -0.05) is 37.2 Å². The number of unbranched alkanes of at least 4 members (excludes halogenated alkanes) is 2. The predicted octanol–water partition coefficient (Wildman–Crippen LogP) is 6.55. The first-order valence-corrected chi connectivity index (χ1v) is 16.1. The summed E-state index contributed by atoms with van der Waals surface area (Å²) in [7, 11) is 0. The molecule has 2 aromatic carbocycles. The molecule has 1 saturated heterocycles. The van der Waals surface area contributed by atoms with E-state index in [4.69, 9.17) is 18.9 Å². The molecule has 2 aliphatic rings. The summed E-state index contributed by atoms with van der Waals surface area (Å²) in [6, 6.07) is 9.36. The number of ether oxygens (including phenoxy) is 4. The quantitative estimate of drug-likeness (QED) is 0.0777. The van der Waals surface area contributed by atoms with Crippen molar-refractivity contribution in [3.63, 3.8) is 0 Å². The maximum atomic E-state index is 13.8. The Kier molecular flexibility index (Phi) is 9.77. The van der Waals surface area contributed by atoms with Gasteiger partial charge >= 0.3 is 11.9 Å². The molecule has 2 aliphatic heterocycles. The third kappa shape index (κ3) is 6.40. The standard InChI is InChI=1S/C34H38N2O8S/c1-6-9-10-15-43-25-14-11-21(18-26(25)41-7-2)28-27(29(37)22-12-13-24-23(17-22)16-19(4)44-24)30(38)32(39)36(28)34-35-20(5)31(45-34)33(40)42-8-3/h11-14,17-19,28,37H,6-10,15-16H2,1-5H3/t19-,28+/m0/s1. The average molecular weight is 635 g/mol. The molecule has 5 rings (SSSR count). The largest absolute Gasteiger partial charge is 0.507 e. The lowest BCUT2D eigenvalue weighted by Gasteiger charge is -2.24. The lowest BCUT2D eigenvalue weighted by atomic mass is 9.94. The number of hydrogen-bond acceptors (Lipinski definition) is 10. The van der Waals surface area contributed by atoms with Crippen LogP contribution in [-0.4, -0.2) is 53.7 Å². The maximum absolute atomic E-state index is 13.8. The number of nitrogens with zero attached hydrogens (tertiary/aromatic N) is 2. The van der Waals surface area contributed by atoms with Gasteiger partial charge in [0.1, 0.15) is 22.5 Å². The Morgan fingerprint density at radius 1 is 1.07 bits per heavy atom. The number of thiazole rings is 1. The third-order valence-electron chi connectivity index (χ3n) is 7.65. The van der Waals surface area contributed by atoms with Crippen molar-refractivity contribution in [2.45, 2.75) is 72.4 Å². The van der Waals surface area contributed by atoms with Gasteiger partial charge in [0, 0.05) is 12.0 Å². The number of amides is 1. The van der Waals surface area contributed by atoms with Crippen LogP contribution in [0.25, 0.3) is 5.76 Å². The van der Waals surface area contributed by atoms with E-state index >= 15 is 0 Å². The number of rotatable bonds is 12. The van der Waals surface area contributed by atoms with Crippen LogP contribution in [0.3, 0.4) is 0 Å². The SMILES string of the molecule is CCCCCOc1ccc([C@@H]2C(=C(O)c3ccc4c(c3)C[C@H](C)O4)C(=O)C(=O)N2c2nc(C)c(C(=O)OCC)s2)cc1OCC. The van der Waals surface area contributed by atoms with E-state index < -0.39 is 23.7 Å². The van der Waals surface area contributed by atoms with Gasteiger partial charge < -0.3 is 24.1 Å². The normalized spacial score (nSPS) is 18.6. The minimum Gasteiger partial charge on any atom is -0.507 e. The molecule has 10 nitrogen and oxygen atoms in total. The van der Waals surface area contributed by atoms with E-state index in [0.29, 0.717) is 48.0 Å². The van der Waals surface area contributed by atoms with E-state index in [2.05, 4.69) is 11.9 Å². The molecule has 3 aromatic rings. The van der Waals surface area contributed by atoms with Crippen LogP contribution >= 0.6 is 11.3 Å². The monoisotopic (exact) mass is 634 g/mol. The second kappa shape index (κ2) is 13.7. The van der Waals surface area contributed by atoms with Crippen molar-refractivity contribution in [2.75, 3.05) is 24.7 Å². The molecule has 0 radical (unpaired) electrons. The molecule has 1 N–H and O–H groups in total. The zero-order valence-corrected chi connectivity index (χ0v) is 27.0. The average Bonchev–Trinajstić information content (AvgIpc) is 3.67. The molecule has 2 atom stereocenters. The van der Waals surface area contributed by atoms with Crippen LogP contribution in [0.5, 0.6) is 17.2 Å². The molecule has 1 fully saturated rings. The minimum atomic E-state index is -1.07. The number of hydrogen-bond donors (Lipinski definition) is 1. The molecular formula is C34H38N2O8S. The van der Waals surface area contributed by atoms with Crippen LogP contribution in [0.2, 0.25) is 0 Å². The van der Waals surface area contributed by atoms with Crippen molar-refractivity contribution in [1.82, 2.24) is 4.98 Å². The van der Waals surface area contributed by atoms with Crippen molar-refractivity contribution in [2.24, 2.45) is 0 Å². The number of aliphatic hydroxyl groups excluding tert-OH is 1. The fraction of sp³-hybridized carbons (Fsp3) is 0.412. The number of esters is 1. The highest BCUT2D eigenvalue weighted by molar-refractivity contribution is 7.17. The van der Waals surface area contributed by atoms with E-state index in [9.17, 15) is 19.5 Å². The van der Waals surface area contributed by atoms with Gasteiger partial charge in [0.05, 0.1) is 37.1 Å². The lowest BCUT2D eigenvalue weighted by Crippen LogP contribution is -2.29. The minimum absolute atomic E-state index is 0.00981. The van der Waals surface area contributed by atoms with Crippen LogP contribution < -0.4 is 19.1 Å². The zero-order chi connectivity index (χ0) is 32.2. The van der Waals surface area contributed by atoms with Gasteiger partial charge in [0.2, 0.25) is 0 Å². The highest BCUT2D eigenvalue weighted by Crippen LogP contribution is 2.46. The molecule has 0 saturated carbocycles. The fourth-order valence-corrected chi connectivity index (χ4v) is 6.55. The smallest absolute Gasteiger partial charge is 0.350 e. The van der Waals surface area contributed by atoms with Crippen molar-refractivity contribution in [1.29, 1.82) is 0 Å².